The highest BCUT2D eigenvalue weighted by Gasteiger charge is 2.55. The Labute approximate surface area is 114 Å². The van der Waals surface area contributed by atoms with E-state index < -0.39 is 0 Å². The van der Waals surface area contributed by atoms with Crippen molar-refractivity contribution < 1.29 is 9.59 Å². The first kappa shape index (κ1) is 12.7. The lowest BCUT2D eigenvalue weighted by Crippen LogP contribution is -2.46. The molecule has 0 aromatic heterocycles. The highest BCUT2D eigenvalue weighted by molar-refractivity contribution is 5.87. The number of nitrogens with one attached hydrogen (secondary N) is 1. The summed E-state index contributed by atoms with van der Waals surface area (Å²) in [6, 6.07) is 0. The normalized spacial score (nSPS) is 25.8. The second-order valence-corrected chi connectivity index (χ2v) is 6.22. The summed E-state index contributed by atoms with van der Waals surface area (Å²) in [5.74, 6) is 1.04. The molecule has 0 spiro atoms. The lowest BCUT2D eigenvalue weighted by atomic mass is 9.95. The summed E-state index contributed by atoms with van der Waals surface area (Å²) in [6.45, 7) is 4.86. The molecular formula is C15H22N2O2. The molecule has 2 saturated carbocycles. The summed E-state index contributed by atoms with van der Waals surface area (Å²) >= 11 is 0. The third-order valence-corrected chi connectivity index (χ3v) is 4.87. The van der Waals surface area contributed by atoms with Gasteiger partial charge < -0.3 is 10.2 Å². The molecule has 3 rings (SSSR count). The summed E-state index contributed by atoms with van der Waals surface area (Å²) in [4.78, 5) is 25.6. The number of carbonyl (C=O) groups is 2. The summed E-state index contributed by atoms with van der Waals surface area (Å²) < 4.78 is 0. The number of amides is 2. The fourth-order valence-corrected chi connectivity index (χ4v) is 3.24. The topological polar surface area (TPSA) is 49.4 Å². The van der Waals surface area contributed by atoms with Crippen LogP contribution in [-0.2, 0) is 9.59 Å². The number of carbonyl (C=O) groups excluding carboxylic acids is 2. The Morgan fingerprint density at radius 2 is 1.79 bits per heavy atom. The molecule has 0 atom stereocenters. The number of hydrogen-bond acceptors (Lipinski definition) is 2. The molecule has 3 fully saturated rings. The molecule has 0 bridgehead atoms. The Bertz CT molecular complexity index is 402. The molecule has 19 heavy (non-hydrogen) atoms. The van der Waals surface area contributed by atoms with Gasteiger partial charge in [0.1, 0.15) is 0 Å². The lowest BCUT2D eigenvalue weighted by Gasteiger charge is -2.31. The van der Waals surface area contributed by atoms with Gasteiger partial charge in [-0.2, -0.15) is 0 Å². The van der Waals surface area contributed by atoms with E-state index in [1.54, 1.807) is 4.90 Å². The van der Waals surface area contributed by atoms with E-state index in [2.05, 4.69) is 11.9 Å². The molecule has 0 radical (unpaired) electrons. The molecule has 2 amide bonds. The molecule has 0 aromatic rings. The van der Waals surface area contributed by atoms with Crippen molar-refractivity contribution in [3.8, 4) is 0 Å². The van der Waals surface area contributed by atoms with E-state index >= 15 is 0 Å². The average Bonchev–Trinajstić information content (AvgIpc) is 3.30. The maximum Gasteiger partial charge on any atom is 0.245 e. The Morgan fingerprint density at radius 1 is 1.16 bits per heavy atom. The van der Waals surface area contributed by atoms with Crippen LogP contribution in [0.5, 0.6) is 0 Å². The van der Waals surface area contributed by atoms with Crippen molar-refractivity contribution in [1.29, 1.82) is 0 Å². The van der Waals surface area contributed by atoms with Gasteiger partial charge in [0.15, 0.2) is 0 Å². The van der Waals surface area contributed by atoms with Crippen LogP contribution in [0.25, 0.3) is 0 Å². The second kappa shape index (κ2) is 4.66. The van der Waals surface area contributed by atoms with Crippen LogP contribution >= 0.6 is 0 Å². The predicted octanol–water partition coefficient (Wildman–Crippen LogP) is 1.47. The van der Waals surface area contributed by atoms with Crippen molar-refractivity contribution in [1.82, 2.24) is 10.2 Å². The molecule has 1 aliphatic heterocycles. The molecular weight excluding hydrogens is 240 g/mol. The van der Waals surface area contributed by atoms with Gasteiger partial charge in [0, 0.05) is 24.5 Å². The highest BCUT2D eigenvalue weighted by atomic mass is 16.2. The van der Waals surface area contributed by atoms with Crippen LogP contribution in [0.2, 0.25) is 0 Å². The van der Waals surface area contributed by atoms with Gasteiger partial charge in [-0.1, -0.05) is 6.58 Å². The summed E-state index contributed by atoms with van der Waals surface area (Å²) in [7, 11) is 0. The summed E-state index contributed by atoms with van der Waals surface area (Å²) in [6.07, 6.45) is 7.82. The number of hydrogen-bond donors (Lipinski definition) is 1. The smallest absolute Gasteiger partial charge is 0.245 e. The summed E-state index contributed by atoms with van der Waals surface area (Å²) in [5.41, 5.74) is 0.172. The Hall–Kier alpha value is -1.32. The quantitative estimate of drug-likeness (QED) is 0.780. The van der Waals surface area contributed by atoms with Gasteiger partial charge in [0.25, 0.3) is 0 Å². The van der Waals surface area contributed by atoms with Gasteiger partial charge in [0.05, 0.1) is 0 Å². The minimum absolute atomic E-state index is 0.0181. The SMILES string of the molecule is C=CC(=O)N1CCC(C(=O)NC2(C3CC3)CC2)CC1. The van der Waals surface area contributed by atoms with Crippen LogP contribution in [0.4, 0.5) is 0 Å². The minimum atomic E-state index is -0.0181. The molecule has 1 saturated heterocycles. The van der Waals surface area contributed by atoms with E-state index in [-0.39, 0.29) is 23.3 Å². The summed E-state index contributed by atoms with van der Waals surface area (Å²) in [5, 5.41) is 3.29. The van der Waals surface area contributed by atoms with Crippen molar-refractivity contribution in [3.63, 3.8) is 0 Å². The fourth-order valence-electron chi connectivity index (χ4n) is 3.24. The van der Waals surface area contributed by atoms with Crippen LogP contribution in [-0.4, -0.2) is 35.3 Å². The van der Waals surface area contributed by atoms with Crippen molar-refractivity contribution in [3.05, 3.63) is 12.7 Å². The molecule has 3 aliphatic rings. The van der Waals surface area contributed by atoms with Crippen LogP contribution in [0.3, 0.4) is 0 Å². The maximum absolute atomic E-state index is 12.3. The van der Waals surface area contributed by atoms with E-state index in [1.165, 1.54) is 18.9 Å². The zero-order valence-electron chi connectivity index (χ0n) is 11.4. The third-order valence-electron chi connectivity index (χ3n) is 4.87. The van der Waals surface area contributed by atoms with Crippen molar-refractivity contribution in [2.24, 2.45) is 11.8 Å². The van der Waals surface area contributed by atoms with Crippen LogP contribution in [0.1, 0.15) is 38.5 Å². The van der Waals surface area contributed by atoms with Gasteiger partial charge in [-0.05, 0) is 50.5 Å². The Balaban J connectivity index is 1.49. The van der Waals surface area contributed by atoms with Gasteiger partial charge in [-0.15, -0.1) is 0 Å². The van der Waals surface area contributed by atoms with E-state index in [4.69, 9.17) is 0 Å². The standard InChI is InChI=1S/C15H22N2O2/c1-2-13(18)17-9-5-11(6-10-17)14(19)16-15(7-8-15)12-3-4-12/h2,11-12H,1,3-10H2,(H,16,19). The monoisotopic (exact) mass is 262 g/mol. The average molecular weight is 262 g/mol. The van der Waals surface area contributed by atoms with Crippen LogP contribution in [0.15, 0.2) is 12.7 Å². The van der Waals surface area contributed by atoms with Crippen molar-refractivity contribution in [2.45, 2.75) is 44.1 Å². The van der Waals surface area contributed by atoms with Gasteiger partial charge >= 0.3 is 0 Å². The van der Waals surface area contributed by atoms with E-state index in [9.17, 15) is 9.59 Å². The number of rotatable bonds is 4. The minimum Gasteiger partial charge on any atom is -0.350 e. The van der Waals surface area contributed by atoms with Crippen molar-refractivity contribution in [2.75, 3.05) is 13.1 Å². The van der Waals surface area contributed by atoms with E-state index in [0.717, 1.165) is 31.6 Å². The number of piperidine rings is 1. The Morgan fingerprint density at radius 3 is 2.26 bits per heavy atom. The van der Waals surface area contributed by atoms with Gasteiger partial charge in [-0.25, -0.2) is 0 Å². The largest absolute Gasteiger partial charge is 0.350 e. The van der Waals surface area contributed by atoms with E-state index in [0.29, 0.717) is 13.1 Å². The maximum atomic E-state index is 12.3. The molecule has 1 N–H and O–H groups in total. The zero-order valence-corrected chi connectivity index (χ0v) is 11.4. The van der Waals surface area contributed by atoms with E-state index in [1.807, 2.05) is 0 Å². The fraction of sp³-hybridized carbons (Fsp3) is 0.733. The third kappa shape index (κ3) is 2.53. The molecule has 104 valence electrons. The molecule has 4 heteroatoms. The molecule has 2 aliphatic carbocycles. The first-order valence-corrected chi connectivity index (χ1v) is 7.38. The zero-order chi connectivity index (χ0) is 13.5. The van der Waals surface area contributed by atoms with Crippen LogP contribution in [0, 0.1) is 11.8 Å². The predicted molar refractivity (Wildman–Crippen MR) is 72.3 cm³/mol. The Kier molecular flexibility index (Phi) is 3.11. The van der Waals surface area contributed by atoms with Crippen molar-refractivity contribution >= 4 is 11.8 Å². The van der Waals surface area contributed by atoms with Gasteiger partial charge in [-0.3, -0.25) is 9.59 Å². The van der Waals surface area contributed by atoms with Gasteiger partial charge in [0.2, 0.25) is 11.8 Å². The highest BCUT2D eigenvalue weighted by Crippen LogP contribution is 2.53. The first-order valence-electron chi connectivity index (χ1n) is 7.38. The van der Waals surface area contributed by atoms with Crippen LogP contribution < -0.4 is 5.32 Å². The lowest BCUT2D eigenvalue weighted by molar-refractivity contribution is -0.132. The number of likely N-dealkylation sites (tertiary alicyclic amines) is 1. The first-order chi connectivity index (χ1) is 9.14. The molecule has 4 nitrogen and oxygen atoms in total. The number of nitrogens with zero attached hydrogens (tertiary/aromatic N) is 1. The molecule has 0 aromatic carbocycles. The second-order valence-electron chi connectivity index (χ2n) is 6.22. The molecule has 0 unspecified atom stereocenters. The molecule has 1 heterocycles.